The van der Waals surface area contributed by atoms with Crippen LogP contribution in [0.3, 0.4) is 0 Å². The van der Waals surface area contributed by atoms with Crippen LogP contribution in [0.1, 0.15) is 17.3 Å². The lowest BCUT2D eigenvalue weighted by Crippen LogP contribution is -2.16. The van der Waals surface area contributed by atoms with E-state index in [1.54, 1.807) is 12.3 Å². The van der Waals surface area contributed by atoms with Crippen LogP contribution in [0.5, 0.6) is 0 Å². The number of carbonyl (C=O) groups is 1. The van der Waals surface area contributed by atoms with Crippen molar-refractivity contribution in [2.75, 3.05) is 17.2 Å². The van der Waals surface area contributed by atoms with Crippen molar-refractivity contribution >= 4 is 33.3 Å². The molecular weight excluding hydrogens is 310 g/mol. The van der Waals surface area contributed by atoms with Crippen LogP contribution in [-0.4, -0.2) is 27.4 Å². The van der Waals surface area contributed by atoms with Gasteiger partial charge in [0.2, 0.25) is 0 Å². The van der Waals surface area contributed by atoms with Crippen LogP contribution in [0.2, 0.25) is 0 Å². The number of hydrogen-bond acceptors (Lipinski definition) is 5. The molecule has 2 aromatic rings. The van der Waals surface area contributed by atoms with Crippen molar-refractivity contribution in [3.05, 3.63) is 41.0 Å². The van der Waals surface area contributed by atoms with Gasteiger partial charge in [-0.05, 0) is 28.9 Å². The summed E-state index contributed by atoms with van der Waals surface area (Å²) in [5.41, 5.74) is 1.20. The first kappa shape index (κ1) is 13.4. The fourth-order valence-corrected chi connectivity index (χ4v) is 1.69. The maximum Gasteiger partial charge on any atom is 0.260 e. The highest BCUT2D eigenvalue weighted by Gasteiger charge is 2.12. The van der Waals surface area contributed by atoms with Gasteiger partial charge in [-0.2, -0.15) is 0 Å². The largest absolute Gasteiger partial charge is 0.385 e. The number of nitrogens with zero attached hydrogens (tertiary/aromatic N) is 3. The molecular formula is C12H12BrN5O. The van der Waals surface area contributed by atoms with E-state index in [1.165, 1.54) is 18.6 Å². The van der Waals surface area contributed by atoms with Crippen LogP contribution in [0.25, 0.3) is 0 Å². The van der Waals surface area contributed by atoms with Gasteiger partial charge < -0.3 is 10.6 Å². The second-order valence-electron chi connectivity index (χ2n) is 3.63. The minimum absolute atomic E-state index is 0.277. The summed E-state index contributed by atoms with van der Waals surface area (Å²) in [6.45, 7) is 2.69. The molecule has 0 saturated carbocycles. The first-order valence-electron chi connectivity index (χ1n) is 5.67. The first-order valence-corrected chi connectivity index (χ1v) is 6.46. The van der Waals surface area contributed by atoms with Crippen molar-refractivity contribution < 1.29 is 4.79 Å². The zero-order chi connectivity index (χ0) is 13.7. The molecule has 7 heteroatoms. The first-order chi connectivity index (χ1) is 9.20. The lowest BCUT2D eigenvalue weighted by atomic mass is 10.2. The predicted molar refractivity (Wildman–Crippen MR) is 76.1 cm³/mol. The quantitative estimate of drug-likeness (QED) is 0.903. The van der Waals surface area contributed by atoms with E-state index in [1.807, 2.05) is 6.92 Å². The lowest BCUT2D eigenvalue weighted by molar-refractivity contribution is 0.102. The molecule has 98 valence electrons. The number of hydrogen-bond donors (Lipinski definition) is 2. The highest BCUT2D eigenvalue weighted by atomic mass is 79.9. The molecule has 0 radical (unpaired) electrons. The molecule has 0 aromatic carbocycles. The van der Waals surface area contributed by atoms with Crippen LogP contribution < -0.4 is 10.6 Å². The van der Waals surface area contributed by atoms with E-state index in [0.717, 1.165) is 12.2 Å². The number of rotatable bonds is 4. The number of pyridine rings is 1. The third kappa shape index (κ3) is 3.47. The highest BCUT2D eigenvalue weighted by Crippen LogP contribution is 2.15. The van der Waals surface area contributed by atoms with Gasteiger partial charge in [-0.3, -0.25) is 9.78 Å². The average Bonchev–Trinajstić information content (AvgIpc) is 2.42. The molecule has 6 nitrogen and oxygen atoms in total. The Kier molecular flexibility index (Phi) is 4.40. The van der Waals surface area contributed by atoms with Crippen molar-refractivity contribution in [3.8, 4) is 0 Å². The van der Waals surface area contributed by atoms with Crippen LogP contribution in [0.15, 0.2) is 35.5 Å². The molecule has 1 amide bonds. The van der Waals surface area contributed by atoms with Crippen LogP contribution in [0, 0.1) is 0 Å². The Morgan fingerprint density at radius 3 is 2.84 bits per heavy atom. The van der Waals surface area contributed by atoms with E-state index >= 15 is 0 Å². The van der Waals surface area contributed by atoms with E-state index < -0.39 is 0 Å². The van der Waals surface area contributed by atoms with Crippen LogP contribution in [0.4, 0.5) is 11.5 Å². The standard InChI is InChI=1S/C12H12BrN5O/c1-2-15-9-3-4-14-5-8(9)12(19)18-11-7-16-10(13)6-17-11/h3-7H,2H2,1H3,(H,14,15)(H,17,18,19). The number of aromatic nitrogens is 3. The molecule has 19 heavy (non-hydrogen) atoms. The molecule has 2 rings (SSSR count). The summed E-state index contributed by atoms with van der Waals surface area (Å²) in [5.74, 6) is 0.111. The van der Waals surface area contributed by atoms with Gasteiger partial charge in [0.15, 0.2) is 5.82 Å². The molecule has 0 unspecified atom stereocenters. The van der Waals surface area contributed by atoms with Gasteiger partial charge in [-0.15, -0.1) is 0 Å². The van der Waals surface area contributed by atoms with Crippen LogP contribution in [-0.2, 0) is 0 Å². The molecule has 2 N–H and O–H groups in total. The van der Waals surface area contributed by atoms with Crippen molar-refractivity contribution in [2.24, 2.45) is 0 Å². The number of halogens is 1. The summed E-state index contributed by atoms with van der Waals surface area (Å²) in [6, 6.07) is 1.76. The topological polar surface area (TPSA) is 79.8 Å². The molecule has 0 aliphatic carbocycles. The summed E-state index contributed by atoms with van der Waals surface area (Å²) in [4.78, 5) is 24.1. The Morgan fingerprint density at radius 1 is 1.32 bits per heavy atom. The minimum atomic E-state index is -0.277. The maximum absolute atomic E-state index is 12.1. The summed E-state index contributed by atoms with van der Waals surface area (Å²) in [6.07, 6.45) is 6.14. The van der Waals surface area contributed by atoms with Crippen molar-refractivity contribution in [1.29, 1.82) is 0 Å². The monoisotopic (exact) mass is 321 g/mol. The molecule has 0 aliphatic rings. The number of nitrogens with one attached hydrogen (secondary N) is 2. The van der Waals surface area contributed by atoms with E-state index in [2.05, 4.69) is 41.5 Å². The Bertz CT molecular complexity index is 573. The van der Waals surface area contributed by atoms with Gasteiger partial charge in [0, 0.05) is 18.9 Å². The SMILES string of the molecule is CCNc1ccncc1C(=O)Nc1cnc(Br)cn1. The summed E-state index contributed by atoms with van der Waals surface area (Å²) in [5, 5.41) is 5.78. The molecule has 0 fully saturated rings. The zero-order valence-electron chi connectivity index (χ0n) is 10.2. The summed E-state index contributed by atoms with van der Waals surface area (Å²) < 4.78 is 0.611. The van der Waals surface area contributed by atoms with E-state index in [0.29, 0.717) is 16.0 Å². The average molecular weight is 322 g/mol. The van der Waals surface area contributed by atoms with Gasteiger partial charge >= 0.3 is 0 Å². The number of anilines is 2. The molecule has 2 heterocycles. The molecule has 0 bridgehead atoms. The third-order valence-electron chi connectivity index (χ3n) is 2.29. The van der Waals surface area contributed by atoms with Crippen molar-refractivity contribution in [2.45, 2.75) is 6.92 Å². The lowest BCUT2D eigenvalue weighted by Gasteiger charge is -2.09. The Hall–Kier alpha value is -2.02. The minimum Gasteiger partial charge on any atom is -0.385 e. The van der Waals surface area contributed by atoms with E-state index in [9.17, 15) is 4.79 Å². The normalized spacial score (nSPS) is 10.0. The Morgan fingerprint density at radius 2 is 2.16 bits per heavy atom. The van der Waals surface area contributed by atoms with Crippen molar-refractivity contribution in [1.82, 2.24) is 15.0 Å². The molecule has 0 spiro atoms. The van der Waals surface area contributed by atoms with E-state index in [-0.39, 0.29) is 5.91 Å². The zero-order valence-corrected chi connectivity index (χ0v) is 11.8. The fraction of sp³-hybridized carbons (Fsp3) is 0.167. The summed E-state index contributed by atoms with van der Waals surface area (Å²) in [7, 11) is 0. The number of amides is 1. The number of carbonyl (C=O) groups excluding carboxylic acids is 1. The predicted octanol–water partition coefficient (Wildman–Crippen LogP) is 2.32. The van der Waals surface area contributed by atoms with Gasteiger partial charge in [0.1, 0.15) is 4.60 Å². The summed E-state index contributed by atoms with van der Waals surface area (Å²) >= 11 is 3.18. The van der Waals surface area contributed by atoms with Gasteiger partial charge in [0.25, 0.3) is 5.91 Å². The van der Waals surface area contributed by atoms with Gasteiger partial charge in [0.05, 0.1) is 23.6 Å². The third-order valence-corrected chi connectivity index (χ3v) is 2.70. The molecule has 0 aliphatic heterocycles. The van der Waals surface area contributed by atoms with E-state index in [4.69, 9.17) is 0 Å². The maximum atomic E-state index is 12.1. The van der Waals surface area contributed by atoms with Gasteiger partial charge in [-0.1, -0.05) is 0 Å². The fourth-order valence-electron chi connectivity index (χ4n) is 1.48. The second-order valence-corrected chi connectivity index (χ2v) is 4.44. The van der Waals surface area contributed by atoms with Crippen molar-refractivity contribution in [3.63, 3.8) is 0 Å². The molecule has 0 saturated heterocycles. The Labute approximate surface area is 118 Å². The Balaban J connectivity index is 2.18. The van der Waals surface area contributed by atoms with Gasteiger partial charge in [-0.25, -0.2) is 9.97 Å². The van der Waals surface area contributed by atoms with Crippen LogP contribution >= 0.6 is 15.9 Å². The molecule has 0 atom stereocenters. The smallest absolute Gasteiger partial charge is 0.260 e. The highest BCUT2D eigenvalue weighted by molar-refractivity contribution is 9.10. The molecule has 2 aromatic heterocycles. The second kappa shape index (κ2) is 6.24.